The molecular weight excluding hydrogens is 206 g/mol. The van der Waals surface area contributed by atoms with Crippen LogP contribution < -0.4 is 16.4 Å². The number of anilines is 1. The molecule has 0 atom stereocenters. The van der Waals surface area contributed by atoms with Crippen LogP contribution in [0.2, 0.25) is 0 Å². The lowest BCUT2D eigenvalue weighted by atomic mass is 10.2. The van der Waals surface area contributed by atoms with Gasteiger partial charge in [-0.25, -0.2) is 14.8 Å². The highest BCUT2D eigenvalue weighted by Gasteiger charge is 1.97. The number of primary amides is 1. The number of hydrogen-bond donors (Lipinski definition) is 3. The number of carbonyl (C=O) groups excluding carboxylic acids is 1. The molecule has 0 unspecified atom stereocenters. The number of urea groups is 1. The SMILES string of the molecule is CCCc1cc(NCCNC(N)=O)ncn1. The lowest BCUT2D eigenvalue weighted by molar-refractivity contribution is 0.249. The number of carbonyl (C=O) groups is 1. The molecule has 0 saturated heterocycles. The highest BCUT2D eigenvalue weighted by Crippen LogP contribution is 2.05. The van der Waals surface area contributed by atoms with Crippen LogP contribution in [0, 0.1) is 0 Å². The lowest BCUT2D eigenvalue weighted by Gasteiger charge is -2.06. The molecule has 16 heavy (non-hydrogen) atoms. The van der Waals surface area contributed by atoms with Gasteiger partial charge < -0.3 is 16.4 Å². The molecule has 0 bridgehead atoms. The van der Waals surface area contributed by atoms with Crippen molar-refractivity contribution >= 4 is 11.8 Å². The van der Waals surface area contributed by atoms with Crippen molar-refractivity contribution in [3.8, 4) is 0 Å². The van der Waals surface area contributed by atoms with E-state index < -0.39 is 6.03 Å². The third-order valence-electron chi connectivity index (χ3n) is 1.96. The minimum Gasteiger partial charge on any atom is -0.368 e. The average Bonchev–Trinajstić information content (AvgIpc) is 2.25. The third-order valence-corrected chi connectivity index (χ3v) is 1.96. The van der Waals surface area contributed by atoms with Crippen LogP contribution in [0.4, 0.5) is 10.6 Å². The number of aryl methyl sites for hydroxylation is 1. The van der Waals surface area contributed by atoms with Crippen molar-refractivity contribution in [2.45, 2.75) is 19.8 Å². The number of hydrogen-bond acceptors (Lipinski definition) is 4. The van der Waals surface area contributed by atoms with Gasteiger partial charge in [0.1, 0.15) is 12.1 Å². The van der Waals surface area contributed by atoms with Gasteiger partial charge in [0.15, 0.2) is 0 Å². The van der Waals surface area contributed by atoms with E-state index in [1.54, 1.807) is 0 Å². The minimum absolute atomic E-state index is 0.475. The van der Waals surface area contributed by atoms with E-state index in [1.165, 1.54) is 6.33 Å². The van der Waals surface area contributed by atoms with Crippen molar-refractivity contribution in [2.24, 2.45) is 5.73 Å². The van der Waals surface area contributed by atoms with Crippen molar-refractivity contribution in [3.63, 3.8) is 0 Å². The van der Waals surface area contributed by atoms with E-state index in [2.05, 4.69) is 27.5 Å². The molecule has 0 saturated carbocycles. The third kappa shape index (κ3) is 4.59. The summed E-state index contributed by atoms with van der Waals surface area (Å²) in [7, 11) is 0. The van der Waals surface area contributed by atoms with Gasteiger partial charge in [0.05, 0.1) is 0 Å². The van der Waals surface area contributed by atoms with E-state index >= 15 is 0 Å². The summed E-state index contributed by atoms with van der Waals surface area (Å²) in [6.07, 6.45) is 3.53. The maximum absolute atomic E-state index is 10.4. The average molecular weight is 223 g/mol. The van der Waals surface area contributed by atoms with Crippen LogP contribution in [0.3, 0.4) is 0 Å². The van der Waals surface area contributed by atoms with Crippen molar-refractivity contribution in [2.75, 3.05) is 18.4 Å². The van der Waals surface area contributed by atoms with Gasteiger partial charge in [0.2, 0.25) is 0 Å². The van der Waals surface area contributed by atoms with Gasteiger partial charge >= 0.3 is 6.03 Å². The number of nitrogens with zero attached hydrogens (tertiary/aromatic N) is 2. The fraction of sp³-hybridized carbons (Fsp3) is 0.500. The van der Waals surface area contributed by atoms with Crippen molar-refractivity contribution in [1.29, 1.82) is 0 Å². The summed E-state index contributed by atoms with van der Waals surface area (Å²) in [5, 5.41) is 5.57. The molecular formula is C10H17N5O. The fourth-order valence-corrected chi connectivity index (χ4v) is 1.26. The summed E-state index contributed by atoms with van der Waals surface area (Å²) in [6, 6.07) is 1.39. The summed E-state index contributed by atoms with van der Waals surface area (Å²) in [5.41, 5.74) is 5.95. The second-order valence-corrected chi connectivity index (χ2v) is 3.36. The van der Waals surface area contributed by atoms with Crippen LogP contribution in [-0.2, 0) is 6.42 Å². The molecule has 0 spiro atoms. The molecule has 6 nitrogen and oxygen atoms in total. The normalized spacial score (nSPS) is 9.81. The van der Waals surface area contributed by atoms with E-state index in [4.69, 9.17) is 5.73 Å². The molecule has 0 aromatic carbocycles. The predicted octanol–water partition coefficient (Wildman–Crippen LogP) is 0.509. The van der Waals surface area contributed by atoms with Gasteiger partial charge in [-0.2, -0.15) is 0 Å². The van der Waals surface area contributed by atoms with Gasteiger partial charge in [-0.1, -0.05) is 13.3 Å². The summed E-state index contributed by atoms with van der Waals surface area (Å²) in [5.74, 6) is 0.768. The van der Waals surface area contributed by atoms with E-state index in [1.807, 2.05) is 6.07 Å². The molecule has 88 valence electrons. The fourth-order valence-electron chi connectivity index (χ4n) is 1.26. The Kier molecular flexibility index (Phi) is 5.04. The maximum Gasteiger partial charge on any atom is 0.312 e. The molecule has 0 fully saturated rings. The number of aromatic nitrogens is 2. The van der Waals surface area contributed by atoms with Crippen LogP contribution in [0.1, 0.15) is 19.0 Å². The zero-order chi connectivity index (χ0) is 11.8. The highest BCUT2D eigenvalue weighted by molar-refractivity contribution is 5.71. The first-order valence-electron chi connectivity index (χ1n) is 5.30. The van der Waals surface area contributed by atoms with Gasteiger partial charge in [0, 0.05) is 24.8 Å². The number of nitrogens with two attached hydrogens (primary N) is 1. The molecule has 0 aliphatic rings. The second kappa shape index (κ2) is 6.60. The van der Waals surface area contributed by atoms with Crippen LogP contribution in [0.15, 0.2) is 12.4 Å². The molecule has 0 aliphatic carbocycles. The number of amides is 2. The van der Waals surface area contributed by atoms with Gasteiger partial charge in [-0.15, -0.1) is 0 Å². The van der Waals surface area contributed by atoms with E-state index in [9.17, 15) is 4.79 Å². The van der Waals surface area contributed by atoms with Crippen LogP contribution in [-0.4, -0.2) is 29.1 Å². The number of rotatable bonds is 6. The Morgan fingerprint density at radius 1 is 1.44 bits per heavy atom. The van der Waals surface area contributed by atoms with Crippen LogP contribution in [0.25, 0.3) is 0 Å². The Hall–Kier alpha value is -1.85. The summed E-state index contributed by atoms with van der Waals surface area (Å²) in [4.78, 5) is 18.6. The Morgan fingerprint density at radius 3 is 2.94 bits per heavy atom. The zero-order valence-electron chi connectivity index (χ0n) is 9.36. The van der Waals surface area contributed by atoms with E-state index in [-0.39, 0.29) is 0 Å². The summed E-state index contributed by atoms with van der Waals surface area (Å²) < 4.78 is 0. The molecule has 1 heterocycles. The monoisotopic (exact) mass is 223 g/mol. The second-order valence-electron chi connectivity index (χ2n) is 3.36. The first kappa shape index (κ1) is 12.2. The van der Waals surface area contributed by atoms with Crippen molar-refractivity contribution in [1.82, 2.24) is 15.3 Å². The summed E-state index contributed by atoms with van der Waals surface area (Å²) in [6.45, 7) is 3.17. The molecule has 1 aromatic rings. The Labute approximate surface area is 94.7 Å². The standard InChI is InChI=1S/C10H17N5O/c1-2-3-8-6-9(15-7-14-8)12-4-5-13-10(11)16/h6-7H,2-5H2,1H3,(H3,11,13,16)(H,12,14,15). The lowest BCUT2D eigenvalue weighted by Crippen LogP contribution is -2.33. The van der Waals surface area contributed by atoms with Gasteiger partial charge in [0.25, 0.3) is 0 Å². The molecule has 0 radical (unpaired) electrons. The smallest absolute Gasteiger partial charge is 0.312 e. The van der Waals surface area contributed by atoms with E-state index in [0.29, 0.717) is 13.1 Å². The van der Waals surface area contributed by atoms with Crippen molar-refractivity contribution in [3.05, 3.63) is 18.1 Å². The zero-order valence-corrected chi connectivity index (χ0v) is 9.36. The molecule has 0 aliphatic heterocycles. The first-order valence-corrected chi connectivity index (χ1v) is 5.30. The molecule has 1 aromatic heterocycles. The van der Waals surface area contributed by atoms with E-state index in [0.717, 1.165) is 24.4 Å². The predicted molar refractivity (Wildman–Crippen MR) is 62.1 cm³/mol. The largest absolute Gasteiger partial charge is 0.368 e. The first-order chi connectivity index (χ1) is 7.72. The van der Waals surface area contributed by atoms with Crippen LogP contribution >= 0.6 is 0 Å². The van der Waals surface area contributed by atoms with Gasteiger partial charge in [-0.05, 0) is 6.42 Å². The van der Waals surface area contributed by atoms with Gasteiger partial charge in [-0.3, -0.25) is 0 Å². The molecule has 4 N–H and O–H groups in total. The molecule has 1 rings (SSSR count). The Bertz CT molecular complexity index is 342. The van der Waals surface area contributed by atoms with Crippen molar-refractivity contribution < 1.29 is 4.79 Å². The molecule has 2 amide bonds. The Morgan fingerprint density at radius 2 is 2.25 bits per heavy atom. The molecule has 6 heteroatoms. The summed E-state index contributed by atoms with van der Waals surface area (Å²) >= 11 is 0. The Balaban J connectivity index is 2.35. The van der Waals surface area contributed by atoms with Crippen LogP contribution in [0.5, 0.6) is 0 Å². The number of nitrogens with one attached hydrogen (secondary N) is 2. The minimum atomic E-state index is -0.517. The maximum atomic E-state index is 10.4. The highest BCUT2D eigenvalue weighted by atomic mass is 16.2. The topological polar surface area (TPSA) is 92.9 Å². The quantitative estimate of drug-likeness (QED) is 0.612.